The summed E-state index contributed by atoms with van der Waals surface area (Å²) in [6.07, 6.45) is 9.25. The van der Waals surface area contributed by atoms with Gasteiger partial charge in [0.1, 0.15) is 6.23 Å². The number of rotatable bonds is 14. The van der Waals surface area contributed by atoms with E-state index in [0.717, 1.165) is 12.8 Å². The summed E-state index contributed by atoms with van der Waals surface area (Å²) in [4.78, 5) is 37.4. The fourth-order valence-corrected chi connectivity index (χ4v) is 2.20. The number of allylic oxidation sites excluding steroid dienone is 2. The lowest BCUT2D eigenvalue weighted by Crippen LogP contribution is -2.36. The van der Waals surface area contributed by atoms with Crippen molar-refractivity contribution in [2.45, 2.75) is 32.9 Å². The van der Waals surface area contributed by atoms with Gasteiger partial charge in [-0.15, -0.1) is 13.2 Å². The molecule has 0 aromatic carbocycles. The van der Waals surface area contributed by atoms with E-state index in [1.54, 1.807) is 22.0 Å². The number of aliphatic hydroxyl groups is 1. The summed E-state index contributed by atoms with van der Waals surface area (Å²) in [5.41, 5.74) is 0. The third-order valence-electron chi connectivity index (χ3n) is 3.49. The molecule has 0 aliphatic heterocycles. The van der Waals surface area contributed by atoms with E-state index in [-0.39, 0.29) is 17.5 Å². The van der Waals surface area contributed by atoms with Gasteiger partial charge >= 0.3 is 0 Å². The molecule has 0 aromatic rings. The molecule has 1 unspecified atom stereocenters. The summed E-state index contributed by atoms with van der Waals surface area (Å²) in [7, 11) is 0. The van der Waals surface area contributed by atoms with Crippen LogP contribution in [0.2, 0.25) is 0 Å². The monoisotopic (exact) mass is 362 g/mol. The van der Waals surface area contributed by atoms with Crippen LogP contribution in [0.4, 0.5) is 0 Å². The minimum Gasteiger partial charge on any atom is -0.375 e. The SMILES string of the molecule is C=CCN(CCCCN(CC=C)C(O)/C=C/C(C)=O)C(=O)/C=C/C(C)=O. The molecule has 0 rings (SSSR count). The first-order valence-electron chi connectivity index (χ1n) is 8.62. The lowest BCUT2D eigenvalue weighted by atomic mass is 10.2. The van der Waals surface area contributed by atoms with Crippen molar-refractivity contribution < 1.29 is 19.5 Å². The minimum atomic E-state index is -0.860. The summed E-state index contributed by atoms with van der Waals surface area (Å²) < 4.78 is 0. The van der Waals surface area contributed by atoms with Gasteiger partial charge in [0.25, 0.3) is 0 Å². The van der Waals surface area contributed by atoms with Crippen molar-refractivity contribution in [2.75, 3.05) is 26.2 Å². The van der Waals surface area contributed by atoms with Gasteiger partial charge in [-0.2, -0.15) is 0 Å². The van der Waals surface area contributed by atoms with Crippen LogP contribution in [0, 0.1) is 0 Å². The predicted octanol–water partition coefficient (Wildman–Crippen LogP) is 1.88. The Balaban J connectivity index is 4.55. The van der Waals surface area contributed by atoms with Crippen LogP contribution in [0.3, 0.4) is 0 Å². The Labute approximate surface area is 156 Å². The average molecular weight is 362 g/mol. The van der Waals surface area contributed by atoms with Gasteiger partial charge in [0.15, 0.2) is 11.6 Å². The quantitative estimate of drug-likeness (QED) is 0.221. The number of carbonyl (C=O) groups excluding carboxylic acids is 3. The van der Waals surface area contributed by atoms with Crippen LogP contribution in [0.1, 0.15) is 26.7 Å². The van der Waals surface area contributed by atoms with Gasteiger partial charge < -0.3 is 10.0 Å². The Morgan fingerprint density at radius 3 is 2.04 bits per heavy atom. The molecule has 0 heterocycles. The molecule has 6 heteroatoms. The second kappa shape index (κ2) is 13.9. The van der Waals surface area contributed by atoms with Gasteiger partial charge in [0.05, 0.1) is 0 Å². The Morgan fingerprint density at radius 2 is 1.50 bits per heavy atom. The molecule has 144 valence electrons. The first-order chi connectivity index (χ1) is 12.3. The Morgan fingerprint density at radius 1 is 0.923 bits per heavy atom. The van der Waals surface area contributed by atoms with Crippen molar-refractivity contribution in [1.29, 1.82) is 0 Å². The molecule has 6 nitrogen and oxygen atoms in total. The van der Waals surface area contributed by atoms with Crippen molar-refractivity contribution in [1.82, 2.24) is 9.80 Å². The highest BCUT2D eigenvalue weighted by atomic mass is 16.3. The van der Waals surface area contributed by atoms with Crippen LogP contribution >= 0.6 is 0 Å². The molecule has 0 aliphatic rings. The van der Waals surface area contributed by atoms with Gasteiger partial charge in [-0.1, -0.05) is 12.2 Å². The molecule has 0 radical (unpaired) electrons. The Kier molecular flexibility index (Phi) is 12.7. The largest absolute Gasteiger partial charge is 0.375 e. The summed E-state index contributed by atoms with van der Waals surface area (Å²) >= 11 is 0. The van der Waals surface area contributed by atoms with Crippen molar-refractivity contribution in [3.05, 3.63) is 49.6 Å². The molecule has 0 fully saturated rings. The van der Waals surface area contributed by atoms with Crippen LogP contribution in [0.25, 0.3) is 0 Å². The summed E-state index contributed by atoms with van der Waals surface area (Å²) in [6, 6.07) is 0. The van der Waals surface area contributed by atoms with Gasteiger partial charge in [-0.25, -0.2) is 0 Å². The number of amides is 1. The Hall–Kier alpha value is -2.31. The zero-order valence-electron chi connectivity index (χ0n) is 15.8. The van der Waals surface area contributed by atoms with Crippen molar-refractivity contribution >= 4 is 17.5 Å². The van der Waals surface area contributed by atoms with Crippen LogP contribution in [-0.4, -0.2) is 64.8 Å². The highest BCUT2D eigenvalue weighted by Gasteiger charge is 2.13. The van der Waals surface area contributed by atoms with E-state index in [9.17, 15) is 19.5 Å². The average Bonchev–Trinajstić information content (AvgIpc) is 2.59. The molecule has 26 heavy (non-hydrogen) atoms. The zero-order valence-corrected chi connectivity index (χ0v) is 15.8. The van der Waals surface area contributed by atoms with E-state index < -0.39 is 6.23 Å². The maximum Gasteiger partial charge on any atom is 0.246 e. The highest BCUT2D eigenvalue weighted by molar-refractivity contribution is 5.96. The Bertz CT molecular complexity index is 552. The van der Waals surface area contributed by atoms with Crippen LogP contribution < -0.4 is 0 Å². The molecule has 0 aromatic heterocycles. The van der Waals surface area contributed by atoms with E-state index >= 15 is 0 Å². The van der Waals surface area contributed by atoms with Gasteiger partial charge in [0.2, 0.25) is 5.91 Å². The molecule has 1 atom stereocenters. The fourth-order valence-electron chi connectivity index (χ4n) is 2.20. The number of aliphatic hydroxyl groups excluding tert-OH is 1. The smallest absolute Gasteiger partial charge is 0.246 e. The number of nitrogens with zero attached hydrogens (tertiary/aromatic N) is 2. The summed E-state index contributed by atoms with van der Waals surface area (Å²) in [6.45, 7) is 12.1. The fraction of sp³-hybridized carbons (Fsp3) is 0.450. The number of carbonyl (C=O) groups is 3. The van der Waals surface area contributed by atoms with E-state index in [1.165, 1.54) is 38.2 Å². The molecule has 0 saturated carbocycles. The third kappa shape index (κ3) is 11.3. The first-order valence-corrected chi connectivity index (χ1v) is 8.62. The topological polar surface area (TPSA) is 77.9 Å². The van der Waals surface area contributed by atoms with Crippen LogP contribution in [-0.2, 0) is 14.4 Å². The normalized spacial score (nSPS) is 12.5. The first kappa shape index (κ1) is 23.7. The van der Waals surface area contributed by atoms with E-state index in [0.29, 0.717) is 26.2 Å². The number of ketones is 2. The van der Waals surface area contributed by atoms with E-state index in [2.05, 4.69) is 13.2 Å². The predicted molar refractivity (Wildman–Crippen MR) is 103 cm³/mol. The molecular formula is C20H30N2O4. The summed E-state index contributed by atoms with van der Waals surface area (Å²) in [5.74, 6) is -0.531. The maximum absolute atomic E-state index is 12.1. The molecule has 0 spiro atoms. The zero-order chi connectivity index (χ0) is 19.9. The van der Waals surface area contributed by atoms with E-state index in [1.807, 2.05) is 0 Å². The third-order valence-corrected chi connectivity index (χ3v) is 3.49. The standard InChI is InChI=1S/C20H30N2O4/c1-5-13-21(19(25)11-9-17(3)23)15-7-8-16-22(14-6-2)20(26)12-10-18(4)24/h5-6,9-12,19,25H,1-2,7-8,13-16H2,3-4H3/b11-9+,12-10+. The molecule has 0 aliphatic carbocycles. The summed E-state index contributed by atoms with van der Waals surface area (Å²) in [5, 5.41) is 10.1. The number of hydrogen-bond acceptors (Lipinski definition) is 5. The molecule has 1 N–H and O–H groups in total. The van der Waals surface area contributed by atoms with Crippen molar-refractivity contribution in [2.24, 2.45) is 0 Å². The van der Waals surface area contributed by atoms with Gasteiger partial charge in [-0.05, 0) is 44.9 Å². The second-order valence-electron chi connectivity index (χ2n) is 5.89. The maximum atomic E-state index is 12.1. The van der Waals surface area contributed by atoms with Crippen LogP contribution in [0.15, 0.2) is 49.6 Å². The highest BCUT2D eigenvalue weighted by Crippen LogP contribution is 2.04. The molecule has 1 amide bonds. The van der Waals surface area contributed by atoms with Crippen molar-refractivity contribution in [3.63, 3.8) is 0 Å². The van der Waals surface area contributed by atoms with Gasteiger partial charge in [-0.3, -0.25) is 19.3 Å². The minimum absolute atomic E-state index is 0.125. The number of unbranched alkanes of at least 4 members (excludes halogenated alkanes) is 1. The molecule has 0 bridgehead atoms. The van der Waals surface area contributed by atoms with E-state index in [4.69, 9.17) is 0 Å². The molecule has 0 saturated heterocycles. The van der Waals surface area contributed by atoms with Crippen LogP contribution in [0.5, 0.6) is 0 Å². The van der Waals surface area contributed by atoms with Gasteiger partial charge in [0, 0.05) is 32.3 Å². The molecular weight excluding hydrogens is 332 g/mol. The lowest BCUT2D eigenvalue weighted by Gasteiger charge is -2.25. The second-order valence-corrected chi connectivity index (χ2v) is 5.89. The number of hydrogen-bond donors (Lipinski definition) is 1. The van der Waals surface area contributed by atoms with Crippen molar-refractivity contribution in [3.8, 4) is 0 Å². The lowest BCUT2D eigenvalue weighted by molar-refractivity contribution is -0.126.